The maximum Gasteiger partial charge on any atom is 0.338 e. The highest BCUT2D eigenvalue weighted by Crippen LogP contribution is 2.36. The zero-order valence-electron chi connectivity index (χ0n) is 18.4. The molecule has 2 aromatic heterocycles. The summed E-state index contributed by atoms with van der Waals surface area (Å²) < 4.78 is 24.1. The molecule has 1 unspecified atom stereocenters. The molecule has 0 bridgehead atoms. The monoisotopic (exact) mass is 532 g/mol. The first-order valence-electron chi connectivity index (χ1n) is 10.0. The molecule has 8 nitrogen and oxygen atoms in total. The number of halogens is 1. The summed E-state index contributed by atoms with van der Waals surface area (Å²) >= 11 is 4.49. The minimum absolute atomic E-state index is 0.200. The zero-order chi connectivity index (χ0) is 23.7. The normalized spacial score (nSPS) is 15.8. The number of thiazole rings is 1. The van der Waals surface area contributed by atoms with E-state index < -0.39 is 12.0 Å². The second-order valence-electron chi connectivity index (χ2n) is 7.06. The van der Waals surface area contributed by atoms with E-state index in [0.29, 0.717) is 48.1 Å². The Morgan fingerprint density at radius 1 is 1.24 bits per heavy atom. The molecular formula is C23H21BrN2O6S. The number of ether oxygens (including phenoxy) is 3. The summed E-state index contributed by atoms with van der Waals surface area (Å²) in [7, 11) is 3.07. The number of esters is 1. The molecule has 3 heterocycles. The van der Waals surface area contributed by atoms with Gasteiger partial charge in [-0.1, -0.05) is 17.4 Å². The maximum atomic E-state index is 13.5. The molecule has 10 heteroatoms. The van der Waals surface area contributed by atoms with E-state index in [1.165, 1.54) is 23.0 Å². The van der Waals surface area contributed by atoms with Crippen molar-refractivity contribution in [3.63, 3.8) is 0 Å². The predicted molar refractivity (Wildman–Crippen MR) is 126 cm³/mol. The molecule has 172 valence electrons. The van der Waals surface area contributed by atoms with E-state index in [4.69, 9.17) is 18.6 Å². The number of hydrogen-bond acceptors (Lipinski definition) is 8. The van der Waals surface area contributed by atoms with Crippen molar-refractivity contribution in [1.29, 1.82) is 0 Å². The Hall–Kier alpha value is -3.11. The van der Waals surface area contributed by atoms with Gasteiger partial charge in [0.15, 0.2) is 21.0 Å². The fourth-order valence-corrected chi connectivity index (χ4v) is 5.01. The van der Waals surface area contributed by atoms with Crippen molar-refractivity contribution in [2.24, 2.45) is 4.99 Å². The Morgan fingerprint density at radius 2 is 2.00 bits per heavy atom. The SMILES string of the molecule is CCOC(=O)C1=C(C)N=c2s/c(=C/c3ccc(Br)o3)c(=O)n2C1c1ccc(OC)c(OC)c1. The number of carbonyl (C=O) groups is 1. The Labute approximate surface area is 201 Å². The zero-order valence-corrected chi connectivity index (χ0v) is 20.8. The molecule has 4 rings (SSSR count). The van der Waals surface area contributed by atoms with E-state index in [1.54, 1.807) is 57.4 Å². The highest BCUT2D eigenvalue weighted by Gasteiger charge is 2.33. The molecular weight excluding hydrogens is 512 g/mol. The Balaban J connectivity index is 1.97. The molecule has 0 amide bonds. The lowest BCUT2D eigenvalue weighted by Gasteiger charge is -2.25. The van der Waals surface area contributed by atoms with Gasteiger partial charge >= 0.3 is 5.97 Å². The van der Waals surface area contributed by atoms with Gasteiger partial charge in [0.05, 0.1) is 42.7 Å². The molecule has 1 aliphatic heterocycles. The van der Waals surface area contributed by atoms with Crippen molar-refractivity contribution in [2.75, 3.05) is 20.8 Å². The number of fused-ring (bicyclic) bond motifs is 1. The summed E-state index contributed by atoms with van der Waals surface area (Å²) in [6.07, 6.45) is 1.66. The van der Waals surface area contributed by atoms with Gasteiger partial charge < -0.3 is 18.6 Å². The molecule has 0 spiro atoms. The first-order chi connectivity index (χ1) is 15.9. The number of furan rings is 1. The lowest BCUT2D eigenvalue weighted by molar-refractivity contribution is -0.139. The number of rotatable bonds is 6. The summed E-state index contributed by atoms with van der Waals surface area (Å²) in [5.74, 6) is 1.02. The fraction of sp³-hybridized carbons (Fsp3) is 0.261. The molecule has 0 aliphatic carbocycles. The van der Waals surface area contributed by atoms with Crippen LogP contribution in [0.2, 0.25) is 0 Å². The second-order valence-corrected chi connectivity index (χ2v) is 8.85. The van der Waals surface area contributed by atoms with Crippen molar-refractivity contribution >= 4 is 39.3 Å². The number of aromatic nitrogens is 1. The van der Waals surface area contributed by atoms with E-state index >= 15 is 0 Å². The van der Waals surface area contributed by atoms with Crippen LogP contribution in [-0.4, -0.2) is 31.4 Å². The van der Waals surface area contributed by atoms with Crippen LogP contribution in [0.5, 0.6) is 11.5 Å². The van der Waals surface area contributed by atoms with Gasteiger partial charge in [0.1, 0.15) is 5.76 Å². The van der Waals surface area contributed by atoms with Crippen LogP contribution < -0.4 is 24.4 Å². The summed E-state index contributed by atoms with van der Waals surface area (Å²) in [6.45, 7) is 3.67. The van der Waals surface area contributed by atoms with Gasteiger partial charge in [-0.2, -0.15) is 0 Å². The summed E-state index contributed by atoms with van der Waals surface area (Å²) in [5, 5.41) is 0. The Morgan fingerprint density at radius 3 is 2.64 bits per heavy atom. The van der Waals surface area contributed by atoms with Crippen LogP contribution in [0.25, 0.3) is 6.08 Å². The predicted octanol–water partition coefficient (Wildman–Crippen LogP) is 3.17. The minimum atomic E-state index is -0.745. The van der Waals surface area contributed by atoms with Crippen molar-refractivity contribution in [3.05, 3.63) is 77.3 Å². The average molecular weight is 533 g/mol. The number of carbonyl (C=O) groups excluding carboxylic acids is 1. The summed E-state index contributed by atoms with van der Waals surface area (Å²) in [6, 6.07) is 8.04. The number of hydrogen-bond donors (Lipinski definition) is 0. The Kier molecular flexibility index (Phi) is 6.57. The van der Waals surface area contributed by atoms with Crippen molar-refractivity contribution in [3.8, 4) is 11.5 Å². The fourth-order valence-electron chi connectivity index (χ4n) is 3.66. The standard InChI is InChI=1S/C23H21BrN2O6S/c1-5-31-22(28)19-12(2)25-23-26(20(19)13-6-8-15(29-3)16(10-13)30-4)21(27)17(33-23)11-14-7-9-18(24)32-14/h6-11,20H,5H2,1-4H3/b17-11+. The summed E-state index contributed by atoms with van der Waals surface area (Å²) in [4.78, 5) is 31.5. The van der Waals surface area contributed by atoms with Gasteiger partial charge in [-0.3, -0.25) is 9.36 Å². The van der Waals surface area contributed by atoms with Gasteiger partial charge in [-0.15, -0.1) is 0 Å². The van der Waals surface area contributed by atoms with Crippen LogP contribution in [0.4, 0.5) is 0 Å². The third kappa shape index (κ3) is 4.28. The minimum Gasteiger partial charge on any atom is -0.493 e. The van der Waals surface area contributed by atoms with E-state index in [1.807, 2.05) is 0 Å². The molecule has 0 radical (unpaired) electrons. The van der Waals surface area contributed by atoms with Crippen molar-refractivity contribution < 1.29 is 23.4 Å². The third-order valence-corrected chi connectivity index (χ3v) is 6.52. The van der Waals surface area contributed by atoms with E-state index in [2.05, 4.69) is 20.9 Å². The van der Waals surface area contributed by atoms with Crippen molar-refractivity contribution in [2.45, 2.75) is 19.9 Å². The molecule has 0 N–H and O–H groups in total. The number of methoxy groups -OCH3 is 2. The molecule has 0 saturated carbocycles. The largest absolute Gasteiger partial charge is 0.493 e. The van der Waals surface area contributed by atoms with E-state index in [9.17, 15) is 9.59 Å². The van der Waals surface area contributed by atoms with Gasteiger partial charge in [0, 0.05) is 6.08 Å². The van der Waals surface area contributed by atoms with Crippen LogP contribution >= 0.6 is 27.3 Å². The molecule has 0 fully saturated rings. The first kappa shape index (κ1) is 23.1. The lowest BCUT2D eigenvalue weighted by atomic mass is 9.95. The van der Waals surface area contributed by atoms with Crippen LogP contribution in [-0.2, 0) is 9.53 Å². The number of benzene rings is 1. The number of allylic oxidation sites excluding steroid dienone is 1. The quantitative estimate of drug-likeness (QED) is 0.452. The molecule has 1 aromatic carbocycles. The molecule has 3 aromatic rings. The van der Waals surface area contributed by atoms with E-state index in [0.717, 1.165) is 0 Å². The molecule has 1 atom stereocenters. The van der Waals surface area contributed by atoms with Crippen LogP contribution in [0.1, 0.15) is 31.2 Å². The molecule has 1 aliphatic rings. The van der Waals surface area contributed by atoms with Gasteiger partial charge in [0.2, 0.25) is 0 Å². The van der Waals surface area contributed by atoms with Crippen molar-refractivity contribution in [1.82, 2.24) is 4.57 Å². The van der Waals surface area contributed by atoms with Crippen LogP contribution in [0, 0.1) is 0 Å². The smallest absolute Gasteiger partial charge is 0.338 e. The molecule has 0 saturated heterocycles. The third-order valence-electron chi connectivity index (χ3n) is 5.11. The van der Waals surface area contributed by atoms with Gasteiger partial charge in [-0.25, -0.2) is 9.79 Å². The van der Waals surface area contributed by atoms with Gasteiger partial charge in [0.25, 0.3) is 5.56 Å². The Bertz CT molecular complexity index is 1430. The topological polar surface area (TPSA) is 92.3 Å². The lowest BCUT2D eigenvalue weighted by Crippen LogP contribution is -2.39. The second kappa shape index (κ2) is 9.40. The number of nitrogens with zero attached hydrogens (tertiary/aromatic N) is 2. The van der Waals surface area contributed by atoms with Gasteiger partial charge in [-0.05, 0) is 59.6 Å². The van der Waals surface area contributed by atoms with Crippen LogP contribution in [0.3, 0.4) is 0 Å². The highest BCUT2D eigenvalue weighted by molar-refractivity contribution is 9.10. The van der Waals surface area contributed by atoms with Crippen LogP contribution in [0.15, 0.2) is 60.5 Å². The van der Waals surface area contributed by atoms with E-state index in [-0.39, 0.29) is 12.2 Å². The molecule has 33 heavy (non-hydrogen) atoms. The maximum absolute atomic E-state index is 13.5. The first-order valence-corrected chi connectivity index (χ1v) is 11.7. The highest BCUT2D eigenvalue weighted by atomic mass is 79.9. The summed E-state index contributed by atoms with van der Waals surface area (Å²) in [5.41, 5.74) is 1.16. The average Bonchev–Trinajstić information content (AvgIpc) is 3.34.